The van der Waals surface area contributed by atoms with Crippen molar-refractivity contribution < 1.29 is 9.59 Å². The molecule has 0 fully saturated rings. The number of imide groups is 1. The van der Waals surface area contributed by atoms with Gasteiger partial charge in [-0.15, -0.1) is 0 Å². The zero-order chi connectivity index (χ0) is 12.4. The van der Waals surface area contributed by atoms with Gasteiger partial charge in [0.25, 0.3) is 11.8 Å². The van der Waals surface area contributed by atoms with Crippen LogP contribution in [-0.4, -0.2) is 28.1 Å². The minimum absolute atomic E-state index is 0.260. The standard InChI is InChI=1S/C12H9BrN2O2/c13-8(7-14)5-6-15-11(16)9-3-1-2-4-10(9)12(15)17/h1-4,8H,5-6H2. The van der Waals surface area contributed by atoms with E-state index in [4.69, 9.17) is 5.26 Å². The van der Waals surface area contributed by atoms with Crippen LogP contribution in [-0.2, 0) is 0 Å². The number of amides is 2. The topological polar surface area (TPSA) is 61.2 Å². The minimum atomic E-state index is -0.341. The van der Waals surface area contributed by atoms with E-state index in [0.717, 1.165) is 0 Å². The highest BCUT2D eigenvalue weighted by atomic mass is 79.9. The van der Waals surface area contributed by atoms with Crippen molar-refractivity contribution in [2.45, 2.75) is 11.2 Å². The Bertz CT molecular complexity index is 486. The molecule has 1 unspecified atom stereocenters. The van der Waals surface area contributed by atoms with E-state index >= 15 is 0 Å². The second-order valence-corrected chi connectivity index (χ2v) is 4.80. The molecule has 1 aromatic rings. The molecule has 0 saturated heterocycles. The zero-order valence-electron chi connectivity index (χ0n) is 8.89. The molecule has 0 radical (unpaired) electrons. The van der Waals surface area contributed by atoms with Gasteiger partial charge < -0.3 is 0 Å². The molecule has 0 aliphatic carbocycles. The smallest absolute Gasteiger partial charge is 0.261 e. The maximum atomic E-state index is 11.9. The van der Waals surface area contributed by atoms with Gasteiger partial charge >= 0.3 is 0 Å². The van der Waals surface area contributed by atoms with Crippen LogP contribution in [0.5, 0.6) is 0 Å². The van der Waals surface area contributed by atoms with Crippen LogP contribution in [0.2, 0.25) is 0 Å². The Balaban J connectivity index is 2.17. The van der Waals surface area contributed by atoms with Crippen LogP contribution in [0.3, 0.4) is 0 Å². The Kier molecular flexibility index (Phi) is 3.25. The molecule has 1 atom stereocenters. The van der Waals surface area contributed by atoms with Gasteiger partial charge in [-0.1, -0.05) is 28.1 Å². The summed E-state index contributed by atoms with van der Waals surface area (Å²) in [4.78, 5) is 24.7. The SMILES string of the molecule is N#CC(Br)CCN1C(=O)c2ccccc2C1=O. The van der Waals surface area contributed by atoms with Gasteiger partial charge in [0.05, 0.1) is 17.2 Å². The summed E-state index contributed by atoms with van der Waals surface area (Å²) in [5, 5.41) is 8.63. The molecule has 86 valence electrons. The first-order chi connectivity index (χ1) is 8.15. The molecule has 1 aromatic carbocycles. The molecule has 1 aliphatic heterocycles. The summed E-state index contributed by atoms with van der Waals surface area (Å²) < 4.78 is 0. The number of nitrogens with zero attached hydrogens (tertiary/aromatic N) is 2. The van der Waals surface area contributed by atoms with Gasteiger partial charge in [0.2, 0.25) is 0 Å². The van der Waals surface area contributed by atoms with Gasteiger partial charge in [-0.2, -0.15) is 5.26 Å². The van der Waals surface area contributed by atoms with Gasteiger partial charge in [-0.25, -0.2) is 0 Å². The second kappa shape index (κ2) is 4.68. The molecule has 1 aliphatic rings. The molecule has 5 heteroatoms. The van der Waals surface area contributed by atoms with E-state index in [2.05, 4.69) is 15.9 Å². The summed E-state index contributed by atoms with van der Waals surface area (Å²) in [6, 6.07) is 8.76. The van der Waals surface area contributed by atoms with Crippen molar-refractivity contribution in [3.8, 4) is 6.07 Å². The van der Waals surface area contributed by atoms with Crippen LogP contribution in [0.25, 0.3) is 0 Å². The Morgan fingerprint density at radius 1 is 1.24 bits per heavy atom. The summed E-state index contributed by atoms with van der Waals surface area (Å²) in [7, 11) is 0. The number of fused-ring (bicyclic) bond motifs is 1. The summed E-state index contributed by atoms with van der Waals surface area (Å²) in [6.07, 6.45) is 0.433. The molecular formula is C12H9BrN2O2. The van der Waals surface area contributed by atoms with Crippen LogP contribution in [0.1, 0.15) is 27.1 Å². The largest absolute Gasteiger partial charge is 0.274 e. The molecule has 17 heavy (non-hydrogen) atoms. The van der Waals surface area contributed by atoms with Crippen LogP contribution in [0.4, 0.5) is 0 Å². The first-order valence-corrected chi connectivity index (χ1v) is 6.05. The molecule has 2 rings (SSSR count). The van der Waals surface area contributed by atoms with Crippen LogP contribution in [0, 0.1) is 11.3 Å². The highest BCUT2D eigenvalue weighted by Gasteiger charge is 2.34. The number of alkyl halides is 1. The Hall–Kier alpha value is -1.67. The fourth-order valence-electron chi connectivity index (χ4n) is 1.75. The lowest BCUT2D eigenvalue weighted by Crippen LogP contribution is -2.31. The van der Waals surface area contributed by atoms with Crippen molar-refractivity contribution in [3.05, 3.63) is 35.4 Å². The molecule has 0 N–H and O–H groups in total. The normalized spacial score (nSPS) is 15.6. The van der Waals surface area contributed by atoms with Crippen molar-refractivity contribution in [2.75, 3.05) is 6.54 Å². The number of carbonyl (C=O) groups is 2. The minimum Gasteiger partial charge on any atom is -0.274 e. The van der Waals surface area contributed by atoms with Crippen molar-refractivity contribution in [3.63, 3.8) is 0 Å². The van der Waals surface area contributed by atoms with E-state index < -0.39 is 0 Å². The Morgan fingerprint density at radius 3 is 2.24 bits per heavy atom. The van der Waals surface area contributed by atoms with E-state index in [1.54, 1.807) is 24.3 Å². The van der Waals surface area contributed by atoms with Crippen LogP contribution in [0.15, 0.2) is 24.3 Å². The Morgan fingerprint density at radius 2 is 1.76 bits per heavy atom. The average Bonchev–Trinajstić information content (AvgIpc) is 2.60. The first-order valence-electron chi connectivity index (χ1n) is 5.14. The molecule has 4 nitrogen and oxygen atoms in total. The van der Waals surface area contributed by atoms with E-state index in [9.17, 15) is 9.59 Å². The van der Waals surface area contributed by atoms with E-state index in [-0.39, 0.29) is 23.2 Å². The third-order valence-corrected chi connectivity index (χ3v) is 3.29. The lowest BCUT2D eigenvalue weighted by atomic mass is 10.1. The van der Waals surface area contributed by atoms with Crippen molar-refractivity contribution in [1.29, 1.82) is 5.26 Å². The van der Waals surface area contributed by atoms with Gasteiger partial charge in [0, 0.05) is 6.54 Å². The number of carbonyl (C=O) groups excluding carboxylic acids is 2. The fourth-order valence-corrected chi connectivity index (χ4v) is 1.95. The van der Waals surface area contributed by atoms with Gasteiger partial charge in [-0.3, -0.25) is 14.5 Å². The molecular weight excluding hydrogens is 284 g/mol. The Labute approximate surface area is 107 Å². The quantitative estimate of drug-likeness (QED) is 0.632. The number of rotatable bonds is 3. The molecule has 0 aromatic heterocycles. The van der Waals surface area contributed by atoms with Crippen molar-refractivity contribution in [2.24, 2.45) is 0 Å². The zero-order valence-corrected chi connectivity index (χ0v) is 10.5. The monoisotopic (exact) mass is 292 g/mol. The van der Waals surface area contributed by atoms with Crippen LogP contribution >= 0.6 is 15.9 Å². The molecule has 0 bridgehead atoms. The predicted molar refractivity (Wildman–Crippen MR) is 64.8 cm³/mol. The van der Waals surface area contributed by atoms with E-state index in [1.165, 1.54) is 4.90 Å². The molecule has 0 saturated carbocycles. The summed E-state index contributed by atoms with van der Waals surface area (Å²) in [6.45, 7) is 0.260. The number of halogens is 1. The maximum absolute atomic E-state index is 11.9. The number of hydrogen-bond donors (Lipinski definition) is 0. The third kappa shape index (κ3) is 2.08. The highest BCUT2D eigenvalue weighted by molar-refractivity contribution is 9.09. The van der Waals surface area contributed by atoms with Crippen molar-refractivity contribution in [1.82, 2.24) is 4.90 Å². The highest BCUT2D eigenvalue weighted by Crippen LogP contribution is 2.23. The van der Waals surface area contributed by atoms with Gasteiger partial charge in [-0.05, 0) is 18.6 Å². The lowest BCUT2D eigenvalue weighted by molar-refractivity contribution is 0.0654. The van der Waals surface area contributed by atoms with E-state index in [1.807, 2.05) is 6.07 Å². The molecule has 0 spiro atoms. The van der Waals surface area contributed by atoms with E-state index in [0.29, 0.717) is 17.5 Å². The van der Waals surface area contributed by atoms with Crippen molar-refractivity contribution >= 4 is 27.7 Å². The summed E-state index contributed by atoms with van der Waals surface area (Å²) in [5.41, 5.74) is 0.890. The summed E-state index contributed by atoms with van der Waals surface area (Å²) in [5.74, 6) is -0.550. The van der Waals surface area contributed by atoms with Gasteiger partial charge in [0.1, 0.15) is 4.83 Å². The lowest BCUT2D eigenvalue weighted by Gasteiger charge is -2.13. The summed E-state index contributed by atoms with van der Waals surface area (Å²) >= 11 is 3.15. The predicted octanol–water partition coefficient (Wildman–Crippen LogP) is 1.96. The number of nitriles is 1. The average molecular weight is 293 g/mol. The van der Waals surface area contributed by atoms with Crippen LogP contribution < -0.4 is 0 Å². The van der Waals surface area contributed by atoms with Gasteiger partial charge in [0.15, 0.2) is 0 Å². The maximum Gasteiger partial charge on any atom is 0.261 e. The molecule has 2 amide bonds. The fraction of sp³-hybridized carbons (Fsp3) is 0.250. The first kappa shape index (κ1) is 11.8. The number of benzene rings is 1. The number of hydrogen-bond acceptors (Lipinski definition) is 3. The second-order valence-electron chi connectivity index (χ2n) is 3.69. The molecule has 1 heterocycles. The third-order valence-electron chi connectivity index (χ3n) is 2.62.